The Morgan fingerprint density at radius 1 is 1.24 bits per heavy atom. The maximum absolute atomic E-state index is 12.2. The number of carbonyl (C=O) groups excluding carboxylic acids is 1. The van der Waals surface area contributed by atoms with Crippen LogP contribution in [0.25, 0.3) is 0 Å². The third kappa shape index (κ3) is 5.76. The minimum atomic E-state index is -0.458. The number of nitrogens with one attached hydrogen (secondary N) is 1. The summed E-state index contributed by atoms with van der Waals surface area (Å²) in [6.45, 7) is 15.0. The Balaban J connectivity index is 2.02. The van der Waals surface area contributed by atoms with Crippen LogP contribution in [0.3, 0.4) is 0 Å². The number of halogens is 1. The second kappa shape index (κ2) is 8.14. The van der Waals surface area contributed by atoms with E-state index in [0.29, 0.717) is 19.1 Å². The number of hydrogen-bond acceptors (Lipinski definition) is 5. The molecule has 1 aromatic heterocycles. The van der Waals surface area contributed by atoms with Crippen LogP contribution in [0.15, 0.2) is 6.07 Å². The van der Waals surface area contributed by atoms with Crippen molar-refractivity contribution in [2.24, 2.45) is 0 Å². The van der Waals surface area contributed by atoms with Crippen molar-refractivity contribution in [3.8, 4) is 0 Å². The van der Waals surface area contributed by atoms with Gasteiger partial charge in [-0.25, -0.2) is 4.79 Å². The Kier molecular flexibility index (Phi) is 6.62. The molecule has 2 rings (SSSR count). The van der Waals surface area contributed by atoms with Gasteiger partial charge in [0, 0.05) is 43.8 Å². The van der Waals surface area contributed by atoms with Gasteiger partial charge in [-0.15, -0.1) is 11.3 Å². The summed E-state index contributed by atoms with van der Waals surface area (Å²) < 4.78 is 6.27. The van der Waals surface area contributed by atoms with E-state index >= 15 is 0 Å². The van der Waals surface area contributed by atoms with Gasteiger partial charge in [-0.3, -0.25) is 0 Å². The number of hydrogen-bond donors (Lipinski definition) is 1. The van der Waals surface area contributed by atoms with Gasteiger partial charge in [0.05, 0.1) is 9.34 Å². The first-order valence-electron chi connectivity index (χ1n) is 8.85. The molecule has 1 N–H and O–H groups in total. The first kappa shape index (κ1) is 20.3. The highest BCUT2D eigenvalue weighted by Gasteiger charge is 2.28. The van der Waals surface area contributed by atoms with Crippen molar-refractivity contribution in [1.82, 2.24) is 10.2 Å². The van der Waals surface area contributed by atoms with Gasteiger partial charge in [0.25, 0.3) is 0 Å². The molecule has 0 spiro atoms. The van der Waals surface area contributed by atoms with Crippen molar-refractivity contribution >= 4 is 34.0 Å². The van der Waals surface area contributed by atoms with E-state index in [1.807, 2.05) is 20.8 Å². The lowest BCUT2D eigenvalue weighted by Gasteiger charge is -2.37. The molecule has 0 radical (unpaired) electrons. The average Bonchev–Trinajstić information content (AvgIpc) is 2.87. The van der Waals surface area contributed by atoms with E-state index in [4.69, 9.17) is 16.3 Å². The maximum atomic E-state index is 12.2. The minimum Gasteiger partial charge on any atom is -0.444 e. The second-order valence-electron chi connectivity index (χ2n) is 7.81. The van der Waals surface area contributed by atoms with Crippen LogP contribution in [0, 0.1) is 0 Å². The van der Waals surface area contributed by atoms with Crippen molar-refractivity contribution in [3.05, 3.63) is 16.0 Å². The van der Waals surface area contributed by atoms with E-state index in [0.717, 1.165) is 17.4 Å². The summed E-state index contributed by atoms with van der Waals surface area (Å²) in [6, 6.07) is 2.70. The average molecular weight is 388 g/mol. The number of nitrogens with zero attached hydrogens (tertiary/aromatic N) is 2. The predicted octanol–water partition coefficient (Wildman–Crippen LogP) is 4.52. The highest BCUT2D eigenvalue weighted by molar-refractivity contribution is 7.20. The standard InChI is InChI=1S/C18H30ClN3O2S/c1-12(2)20-13(3)14-11-15(19)25-16(14)21-7-9-22(10-8-21)17(23)24-18(4,5)6/h11-13,20H,7-10H2,1-6H3. The molecule has 142 valence electrons. The van der Waals surface area contributed by atoms with Gasteiger partial charge >= 0.3 is 6.09 Å². The fourth-order valence-electron chi connectivity index (χ4n) is 2.93. The third-order valence-electron chi connectivity index (χ3n) is 3.98. The van der Waals surface area contributed by atoms with Gasteiger partial charge in [0.1, 0.15) is 5.60 Å². The lowest BCUT2D eigenvalue weighted by molar-refractivity contribution is 0.0241. The van der Waals surface area contributed by atoms with E-state index in [2.05, 4.69) is 37.1 Å². The number of carbonyl (C=O) groups is 1. The summed E-state index contributed by atoms with van der Waals surface area (Å²) in [7, 11) is 0. The molecule has 1 unspecified atom stereocenters. The van der Waals surface area contributed by atoms with Gasteiger partial charge < -0.3 is 19.9 Å². The molecule has 0 bridgehead atoms. The first-order chi connectivity index (χ1) is 11.6. The van der Waals surface area contributed by atoms with Crippen LogP contribution < -0.4 is 10.2 Å². The molecule has 1 amide bonds. The topological polar surface area (TPSA) is 44.8 Å². The lowest BCUT2D eigenvalue weighted by atomic mass is 10.1. The second-order valence-corrected chi connectivity index (χ2v) is 9.47. The maximum Gasteiger partial charge on any atom is 0.410 e. The van der Waals surface area contributed by atoms with Gasteiger partial charge in [-0.2, -0.15) is 0 Å². The molecule has 1 atom stereocenters. The molecular formula is C18H30ClN3O2S. The molecule has 25 heavy (non-hydrogen) atoms. The molecule has 0 aliphatic carbocycles. The van der Waals surface area contributed by atoms with E-state index in [1.54, 1.807) is 16.2 Å². The third-order valence-corrected chi connectivity index (χ3v) is 5.32. The van der Waals surface area contributed by atoms with Crippen LogP contribution in [0.4, 0.5) is 9.80 Å². The van der Waals surface area contributed by atoms with E-state index in [9.17, 15) is 4.79 Å². The smallest absolute Gasteiger partial charge is 0.410 e. The van der Waals surface area contributed by atoms with Gasteiger partial charge in [-0.05, 0) is 33.8 Å². The Morgan fingerprint density at radius 3 is 2.36 bits per heavy atom. The van der Waals surface area contributed by atoms with Crippen LogP contribution in [-0.2, 0) is 4.74 Å². The predicted molar refractivity (Wildman–Crippen MR) is 106 cm³/mol. The fourth-order valence-corrected chi connectivity index (χ4v) is 4.30. The van der Waals surface area contributed by atoms with E-state index < -0.39 is 5.60 Å². The Labute approximate surface area is 160 Å². The summed E-state index contributed by atoms with van der Waals surface area (Å²) in [5, 5.41) is 4.74. The number of ether oxygens (including phenoxy) is 1. The summed E-state index contributed by atoms with van der Waals surface area (Å²) in [5.74, 6) is 0. The van der Waals surface area contributed by atoms with Crippen molar-refractivity contribution in [3.63, 3.8) is 0 Å². The summed E-state index contributed by atoms with van der Waals surface area (Å²) >= 11 is 7.91. The number of amides is 1. The molecule has 1 aromatic rings. The molecule has 2 heterocycles. The monoisotopic (exact) mass is 387 g/mol. The zero-order valence-electron chi connectivity index (χ0n) is 16.1. The van der Waals surface area contributed by atoms with Gasteiger partial charge in [0.2, 0.25) is 0 Å². The highest BCUT2D eigenvalue weighted by atomic mass is 35.5. The Morgan fingerprint density at radius 2 is 1.84 bits per heavy atom. The van der Waals surface area contributed by atoms with Crippen LogP contribution >= 0.6 is 22.9 Å². The molecule has 1 aliphatic heterocycles. The number of thiophene rings is 1. The molecule has 5 nitrogen and oxygen atoms in total. The SMILES string of the molecule is CC(C)NC(C)c1cc(Cl)sc1N1CCN(C(=O)OC(C)(C)C)CC1. The quantitative estimate of drug-likeness (QED) is 0.825. The summed E-state index contributed by atoms with van der Waals surface area (Å²) in [5.41, 5.74) is 0.773. The van der Waals surface area contributed by atoms with Gasteiger partial charge in [-0.1, -0.05) is 25.4 Å². The highest BCUT2D eigenvalue weighted by Crippen LogP contribution is 2.38. The Bertz CT molecular complexity index is 590. The molecule has 0 aromatic carbocycles. The van der Waals surface area contributed by atoms with Crippen molar-refractivity contribution in [2.45, 2.75) is 59.2 Å². The number of piperazine rings is 1. The van der Waals surface area contributed by atoms with Crippen LogP contribution in [0.1, 0.15) is 53.1 Å². The Hall–Kier alpha value is -0.980. The van der Waals surface area contributed by atoms with Crippen molar-refractivity contribution in [1.29, 1.82) is 0 Å². The van der Waals surface area contributed by atoms with E-state index in [-0.39, 0.29) is 12.1 Å². The van der Waals surface area contributed by atoms with Crippen LogP contribution in [0.2, 0.25) is 4.34 Å². The van der Waals surface area contributed by atoms with Crippen LogP contribution in [-0.4, -0.2) is 48.8 Å². The first-order valence-corrected chi connectivity index (χ1v) is 10.0. The zero-order chi connectivity index (χ0) is 18.8. The zero-order valence-corrected chi connectivity index (χ0v) is 17.6. The lowest BCUT2D eigenvalue weighted by Crippen LogP contribution is -2.50. The normalized spacial score (nSPS) is 17.1. The largest absolute Gasteiger partial charge is 0.444 e. The molecule has 0 saturated carbocycles. The molecule has 1 saturated heterocycles. The van der Waals surface area contributed by atoms with Crippen LogP contribution in [0.5, 0.6) is 0 Å². The van der Waals surface area contributed by atoms with E-state index in [1.165, 1.54) is 10.6 Å². The molecule has 7 heteroatoms. The summed E-state index contributed by atoms with van der Waals surface area (Å²) in [6.07, 6.45) is -0.230. The fraction of sp³-hybridized carbons (Fsp3) is 0.722. The molecule has 1 fully saturated rings. The number of anilines is 1. The number of rotatable bonds is 4. The van der Waals surface area contributed by atoms with Crippen molar-refractivity contribution in [2.75, 3.05) is 31.1 Å². The molecule has 1 aliphatic rings. The summed E-state index contributed by atoms with van der Waals surface area (Å²) in [4.78, 5) is 16.3. The molecular weight excluding hydrogens is 358 g/mol. The minimum absolute atomic E-state index is 0.230. The van der Waals surface area contributed by atoms with Gasteiger partial charge in [0.15, 0.2) is 0 Å². The van der Waals surface area contributed by atoms with Crippen molar-refractivity contribution < 1.29 is 9.53 Å².